The Labute approximate surface area is 164 Å². The Bertz CT molecular complexity index is 824. The van der Waals surface area contributed by atoms with Crippen LogP contribution in [0, 0.1) is 0 Å². The summed E-state index contributed by atoms with van der Waals surface area (Å²) in [6, 6.07) is 4.57. The zero-order valence-corrected chi connectivity index (χ0v) is 16.1. The molecule has 1 heterocycles. The number of hydrogen-bond donors (Lipinski definition) is 1. The van der Waals surface area contributed by atoms with Gasteiger partial charge in [-0.1, -0.05) is 11.6 Å². The zero-order valence-electron chi connectivity index (χ0n) is 14.6. The van der Waals surface area contributed by atoms with Crippen LogP contribution in [0.15, 0.2) is 23.1 Å². The highest BCUT2D eigenvalue weighted by Gasteiger charge is 2.37. The molecule has 0 bridgehead atoms. The van der Waals surface area contributed by atoms with Crippen molar-refractivity contribution >= 4 is 52.5 Å². The van der Waals surface area contributed by atoms with E-state index in [0.29, 0.717) is 22.3 Å². The van der Waals surface area contributed by atoms with Crippen molar-refractivity contribution in [1.82, 2.24) is 4.90 Å². The van der Waals surface area contributed by atoms with Gasteiger partial charge < -0.3 is 15.2 Å². The van der Waals surface area contributed by atoms with Crippen LogP contribution in [0.5, 0.6) is 5.75 Å². The number of carbonyl (C=O) groups is 4. The monoisotopic (exact) mass is 412 g/mol. The molecule has 1 saturated heterocycles. The SMILES string of the molecule is CC(C)OC(=O)CN1C(=O)S/C(=C\c2cc(Cl)ccc2OCC(N)=O)C1=O. The van der Waals surface area contributed by atoms with E-state index in [-0.39, 0.29) is 23.4 Å². The zero-order chi connectivity index (χ0) is 20.1. The molecule has 0 saturated carbocycles. The second kappa shape index (κ2) is 8.92. The predicted molar refractivity (Wildman–Crippen MR) is 100 cm³/mol. The third kappa shape index (κ3) is 5.73. The van der Waals surface area contributed by atoms with E-state index in [0.717, 1.165) is 4.90 Å². The highest BCUT2D eigenvalue weighted by molar-refractivity contribution is 8.18. The van der Waals surface area contributed by atoms with Crippen molar-refractivity contribution in [2.45, 2.75) is 20.0 Å². The lowest BCUT2D eigenvalue weighted by Gasteiger charge is -2.13. The van der Waals surface area contributed by atoms with Crippen molar-refractivity contribution in [2.75, 3.05) is 13.2 Å². The number of halogens is 1. The summed E-state index contributed by atoms with van der Waals surface area (Å²) >= 11 is 6.65. The van der Waals surface area contributed by atoms with Crippen LogP contribution in [0.1, 0.15) is 19.4 Å². The summed E-state index contributed by atoms with van der Waals surface area (Å²) in [6.45, 7) is 2.50. The molecule has 1 aromatic carbocycles. The van der Waals surface area contributed by atoms with Gasteiger partial charge in [-0.15, -0.1) is 0 Å². The van der Waals surface area contributed by atoms with Gasteiger partial charge in [-0.2, -0.15) is 0 Å². The van der Waals surface area contributed by atoms with Crippen molar-refractivity contribution in [3.8, 4) is 5.75 Å². The Morgan fingerprint density at radius 2 is 2.04 bits per heavy atom. The van der Waals surface area contributed by atoms with Gasteiger partial charge >= 0.3 is 5.97 Å². The van der Waals surface area contributed by atoms with Crippen molar-refractivity contribution in [1.29, 1.82) is 0 Å². The molecule has 2 rings (SSSR count). The number of nitrogens with two attached hydrogens (primary N) is 1. The predicted octanol–water partition coefficient (Wildman–Crippen LogP) is 2.19. The summed E-state index contributed by atoms with van der Waals surface area (Å²) < 4.78 is 10.2. The molecule has 144 valence electrons. The lowest BCUT2D eigenvalue weighted by molar-refractivity contribution is -0.149. The summed E-state index contributed by atoms with van der Waals surface area (Å²) in [6.07, 6.45) is 1.05. The second-order valence-corrected chi connectivity index (χ2v) is 7.17. The molecule has 0 aromatic heterocycles. The fourth-order valence-corrected chi connectivity index (χ4v) is 3.13. The summed E-state index contributed by atoms with van der Waals surface area (Å²) in [4.78, 5) is 48.1. The molecule has 10 heteroatoms. The second-order valence-electron chi connectivity index (χ2n) is 5.74. The lowest BCUT2D eigenvalue weighted by atomic mass is 10.2. The number of primary amides is 1. The van der Waals surface area contributed by atoms with E-state index in [1.165, 1.54) is 18.2 Å². The molecule has 0 unspecified atom stereocenters. The average molecular weight is 413 g/mol. The number of amides is 3. The third-order valence-corrected chi connectivity index (χ3v) is 4.30. The van der Waals surface area contributed by atoms with Crippen molar-refractivity contribution in [2.24, 2.45) is 5.73 Å². The maximum atomic E-state index is 12.5. The van der Waals surface area contributed by atoms with Crippen molar-refractivity contribution < 1.29 is 28.7 Å². The van der Waals surface area contributed by atoms with Crippen LogP contribution in [0.4, 0.5) is 4.79 Å². The van der Waals surface area contributed by atoms with E-state index in [9.17, 15) is 19.2 Å². The molecule has 1 aliphatic rings. The minimum absolute atomic E-state index is 0.0866. The Balaban J connectivity index is 2.23. The Morgan fingerprint density at radius 1 is 1.33 bits per heavy atom. The highest BCUT2D eigenvalue weighted by Crippen LogP contribution is 2.34. The van der Waals surface area contributed by atoms with Gasteiger partial charge in [0, 0.05) is 10.6 Å². The van der Waals surface area contributed by atoms with Crippen LogP contribution in [0.3, 0.4) is 0 Å². The van der Waals surface area contributed by atoms with Crippen LogP contribution >= 0.6 is 23.4 Å². The molecule has 0 atom stereocenters. The first-order chi connectivity index (χ1) is 12.7. The molecule has 1 fully saturated rings. The fraction of sp³-hybridized carbons (Fsp3) is 0.294. The maximum absolute atomic E-state index is 12.5. The fourth-order valence-electron chi connectivity index (χ4n) is 2.12. The van der Waals surface area contributed by atoms with Gasteiger partial charge in [0.2, 0.25) is 0 Å². The number of benzene rings is 1. The number of thioether (sulfide) groups is 1. The summed E-state index contributed by atoms with van der Waals surface area (Å²) in [5.74, 6) is -1.71. The number of imide groups is 1. The molecule has 2 N–H and O–H groups in total. The molecule has 3 amide bonds. The summed E-state index contributed by atoms with van der Waals surface area (Å²) in [7, 11) is 0. The van der Waals surface area contributed by atoms with Gasteiger partial charge in [0.25, 0.3) is 17.1 Å². The molecule has 1 aromatic rings. The maximum Gasteiger partial charge on any atom is 0.326 e. The van der Waals surface area contributed by atoms with Gasteiger partial charge in [0.05, 0.1) is 11.0 Å². The first kappa shape index (κ1) is 20.8. The quantitative estimate of drug-likeness (QED) is 0.539. The standard InChI is InChI=1S/C17H17ClN2O6S/c1-9(2)26-15(22)7-20-16(23)13(27-17(20)24)6-10-5-11(18)3-4-12(10)25-8-14(19)21/h3-6,9H,7-8H2,1-2H3,(H2,19,21)/b13-6-. The largest absolute Gasteiger partial charge is 0.483 e. The average Bonchev–Trinajstić information content (AvgIpc) is 2.81. The minimum Gasteiger partial charge on any atom is -0.483 e. The molecule has 8 nitrogen and oxygen atoms in total. The van der Waals surface area contributed by atoms with E-state index in [4.69, 9.17) is 26.8 Å². The van der Waals surface area contributed by atoms with Crippen LogP contribution in [-0.4, -0.2) is 47.2 Å². The van der Waals surface area contributed by atoms with E-state index in [2.05, 4.69) is 0 Å². The van der Waals surface area contributed by atoms with Crippen LogP contribution in [0.25, 0.3) is 6.08 Å². The highest BCUT2D eigenvalue weighted by atomic mass is 35.5. The molecule has 27 heavy (non-hydrogen) atoms. The molecule has 0 aliphatic carbocycles. The lowest BCUT2D eigenvalue weighted by Crippen LogP contribution is -2.35. The van der Waals surface area contributed by atoms with Crippen LogP contribution in [-0.2, 0) is 19.1 Å². The Kier molecular flexibility index (Phi) is 6.86. The molecule has 0 spiro atoms. The number of ether oxygens (including phenoxy) is 2. The molecule has 0 radical (unpaired) electrons. The van der Waals surface area contributed by atoms with Gasteiger partial charge in [0.1, 0.15) is 12.3 Å². The summed E-state index contributed by atoms with van der Waals surface area (Å²) in [5.41, 5.74) is 5.45. The number of carbonyl (C=O) groups excluding carboxylic acids is 4. The van der Waals surface area contributed by atoms with Gasteiger partial charge in [0.15, 0.2) is 6.61 Å². The molecular formula is C17H17ClN2O6S. The number of hydrogen-bond acceptors (Lipinski definition) is 7. The van der Waals surface area contributed by atoms with Gasteiger partial charge in [-0.05, 0) is 49.9 Å². The van der Waals surface area contributed by atoms with Crippen molar-refractivity contribution in [3.05, 3.63) is 33.7 Å². The Morgan fingerprint density at radius 3 is 2.67 bits per heavy atom. The van der Waals surface area contributed by atoms with E-state index < -0.39 is 29.6 Å². The van der Waals surface area contributed by atoms with E-state index in [1.807, 2.05) is 0 Å². The normalized spacial score (nSPS) is 15.6. The topological polar surface area (TPSA) is 116 Å². The van der Waals surface area contributed by atoms with Gasteiger partial charge in [-0.25, -0.2) is 0 Å². The number of rotatable bonds is 7. The first-order valence-electron chi connectivity index (χ1n) is 7.83. The smallest absolute Gasteiger partial charge is 0.326 e. The van der Waals surface area contributed by atoms with E-state index in [1.54, 1.807) is 19.9 Å². The summed E-state index contributed by atoms with van der Waals surface area (Å²) in [5, 5.41) is -0.221. The van der Waals surface area contributed by atoms with Gasteiger partial charge in [-0.3, -0.25) is 24.1 Å². The number of nitrogens with zero attached hydrogens (tertiary/aromatic N) is 1. The first-order valence-corrected chi connectivity index (χ1v) is 9.02. The molecule has 1 aliphatic heterocycles. The minimum atomic E-state index is -0.679. The Hall–Kier alpha value is -2.52. The molecular weight excluding hydrogens is 396 g/mol. The van der Waals surface area contributed by atoms with Crippen molar-refractivity contribution in [3.63, 3.8) is 0 Å². The van der Waals surface area contributed by atoms with Crippen LogP contribution in [0.2, 0.25) is 5.02 Å². The number of esters is 1. The van der Waals surface area contributed by atoms with E-state index >= 15 is 0 Å². The third-order valence-electron chi connectivity index (χ3n) is 3.16. The van der Waals surface area contributed by atoms with Crippen LogP contribution < -0.4 is 10.5 Å².